The number of piperidine rings is 1. The van der Waals surface area contributed by atoms with E-state index in [0.29, 0.717) is 13.0 Å². The highest BCUT2D eigenvalue weighted by Crippen LogP contribution is 2.19. The van der Waals surface area contributed by atoms with Gasteiger partial charge in [0.2, 0.25) is 0 Å². The summed E-state index contributed by atoms with van der Waals surface area (Å²) in [5, 5.41) is 4.34. The van der Waals surface area contributed by atoms with Crippen LogP contribution >= 0.6 is 0 Å². The summed E-state index contributed by atoms with van der Waals surface area (Å²) < 4.78 is 13.5. The number of carbonyl (C=O) groups is 1. The fourth-order valence-electron chi connectivity index (χ4n) is 1.54. The Labute approximate surface area is 96.1 Å². The molecular formula is C11H21FN2O2. The Kier molecular flexibility index (Phi) is 4.27. The zero-order valence-electron chi connectivity index (χ0n) is 10.4. The second kappa shape index (κ2) is 5.10. The van der Waals surface area contributed by atoms with E-state index in [-0.39, 0.29) is 18.6 Å². The first-order valence-corrected chi connectivity index (χ1v) is 5.63. The van der Waals surface area contributed by atoms with Gasteiger partial charge in [0.1, 0.15) is 6.17 Å². The lowest BCUT2D eigenvalue weighted by Gasteiger charge is -2.34. The molecule has 1 aliphatic rings. The second-order valence-electron chi connectivity index (χ2n) is 5.22. The summed E-state index contributed by atoms with van der Waals surface area (Å²) in [4.78, 5) is 16.7. The molecule has 5 heteroatoms. The van der Waals surface area contributed by atoms with Crippen molar-refractivity contribution in [2.45, 2.75) is 39.4 Å². The van der Waals surface area contributed by atoms with Crippen LogP contribution in [0.1, 0.15) is 27.2 Å². The van der Waals surface area contributed by atoms with Gasteiger partial charge in [-0.3, -0.25) is 0 Å². The first-order valence-electron chi connectivity index (χ1n) is 5.63. The Morgan fingerprint density at radius 2 is 2.12 bits per heavy atom. The monoisotopic (exact) mass is 232 g/mol. The van der Waals surface area contributed by atoms with E-state index in [1.54, 1.807) is 27.8 Å². The average Bonchev–Trinajstić information content (AvgIpc) is 2.16. The minimum absolute atomic E-state index is 0.135. The third-order valence-corrected chi connectivity index (χ3v) is 2.70. The lowest BCUT2D eigenvalue weighted by molar-refractivity contribution is -0.209. The van der Waals surface area contributed by atoms with Gasteiger partial charge in [-0.25, -0.2) is 9.18 Å². The van der Waals surface area contributed by atoms with E-state index in [1.165, 1.54) is 5.06 Å². The molecular weight excluding hydrogens is 211 g/mol. The van der Waals surface area contributed by atoms with Gasteiger partial charge in [-0.1, -0.05) is 0 Å². The van der Waals surface area contributed by atoms with Crippen LogP contribution < -0.4 is 5.32 Å². The van der Waals surface area contributed by atoms with Crippen LogP contribution in [0.25, 0.3) is 0 Å². The maximum absolute atomic E-state index is 13.5. The standard InChI is InChI=1S/C11H21FN2O2/c1-11(2,3)10(15)16-14-6-5-9(13-4)8(12)7-14/h8-9,13H,5-7H2,1-4H3. The number of hydroxylamine groups is 2. The van der Waals surface area contributed by atoms with E-state index in [0.717, 1.165) is 0 Å². The highest BCUT2D eigenvalue weighted by molar-refractivity contribution is 5.75. The molecule has 0 aromatic carbocycles. The topological polar surface area (TPSA) is 41.6 Å². The molecule has 0 aliphatic carbocycles. The van der Waals surface area contributed by atoms with Gasteiger partial charge >= 0.3 is 5.97 Å². The van der Waals surface area contributed by atoms with Crippen LogP contribution in [0.15, 0.2) is 0 Å². The predicted molar refractivity (Wildman–Crippen MR) is 59.5 cm³/mol. The number of nitrogens with one attached hydrogen (secondary N) is 1. The van der Waals surface area contributed by atoms with Crippen LogP contribution in [0.4, 0.5) is 4.39 Å². The van der Waals surface area contributed by atoms with Crippen molar-refractivity contribution in [3.8, 4) is 0 Å². The van der Waals surface area contributed by atoms with Gasteiger partial charge in [-0.2, -0.15) is 0 Å². The SMILES string of the molecule is CNC1CCN(OC(=O)C(C)(C)C)CC1F. The number of carbonyl (C=O) groups excluding carboxylic acids is 1. The molecule has 1 saturated heterocycles. The highest BCUT2D eigenvalue weighted by atomic mass is 19.1. The van der Waals surface area contributed by atoms with Crippen LogP contribution in [0.3, 0.4) is 0 Å². The fraction of sp³-hybridized carbons (Fsp3) is 0.909. The molecule has 0 aromatic heterocycles. The van der Waals surface area contributed by atoms with E-state index in [4.69, 9.17) is 4.84 Å². The number of hydrogen-bond donors (Lipinski definition) is 1. The number of halogens is 1. The van der Waals surface area contributed by atoms with Crippen molar-refractivity contribution in [1.82, 2.24) is 10.4 Å². The normalized spacial score (nSPS) is 27.8. The van der Waals surface area contributed by atoms with E-state index in [9.17, 15) is 9.18 Å². The smallest absolute Gasteiger partial charge is 0.330 e. The van der Waals surface area contributed by atoms with E-state index >= 15 is 0 Å². The Bertz CT molecular complexity index is 253. The van der Waals surface area contributed by atoms with Crippen LogP contribution in [-0.2, 0) is 9.63 Å². The largest absolute Gasteiger partial charge is 0.367 e. The molecule has 1 heterocycles. The van der Waals surface area contributed by atoms with Crippen molar-refractivity contribution in [3.05, 3.63) is 0 Å². The summed E-state index contributed by atoms with van der Waals surface area (Å²) in [5.41, 5.74) is -0.550. The Morgan fingerprint density at radius 3 is 2.56 bits per heavy atom. The summed E-state index contributed by atoms with van der Waals surface area (Å²) in [5.74, 6) is -0.317. The van der Waals surface area contributed by atoms with Crippen molar-refractivity contribution >= 4 is 5.97 Å². The van der Waals surface area contributed by atoms with E-state index in [1.807, 2.05) is 0 Å². The third kappa shape index (κ3) is 3.42. The fourth-order valence-corrected chi connectivity index (χ4v) is 1.54. The van der Waals surface area contributed by atoms with Gasteiger partial charge in [0.25, 0.3) is 0 Å². The first kappa shape index (κ1) is 13.4. The molecule has 1 fully saturated rings. The molecule has 1 aliphatic heterocycles. The molecule has 0 spiro atoms. The first-order chi connectivity index (χ1) is 7.34. The molecule has 1 rings (SSSR count). The summed E-state index contributed by atoms with van der Waals surface area (Å²) in [6.45, 7) is 6.06. The molecule has 1 N–H and O–H groups in total. The van der Waals surface area contributed by atoms with Crippen LogP contribution in [0.2, 0.25) is 0 Å². The maximum Gasteiger partial charge on any atom is 0.330 e. The lowest BCUT2D eigenvalue weighted by atomic mass is 9.98. The molecule has 2 unspecified atom stereocenters. The van der Waals surface area contributed by atoms with Crippen molar-refractivity contribution in [2.24, 2.45) is 5.41 Å². The Balaban J connectivity index is 2.44. The molecule has 4 nitrogen and oxygen atoms in total. The van der Waals surface area contributed by atoms with Crippen LogP contribution in [0, 0.1) is 5.41 Å². The van der Waals surface area contributed by atoms with Crippen LogP contribution in [0.5, 0.6) is 0 Å². The van der Waals surface area contributed by atoms with E-state index < -0.39 is 11.6 Å². The quantitative estimate of drug-likeness (QED) is 0.774. The minimum atomic E-state index is -0.994. The van der Waals surface area contributed by atoms with Gasteiger partial charge in [-0.15, -0.1) is 5.06 Å². The van der Waals surface area contributed by atoms with Crippen molar-refractivity contribution < 1.29 is 14.0 Å². The van der Waals surface area contributed by atoms with Crippen molar-refractivity contribution in [3.63, 3.8) is 0 Å². The average molecular weight is 232 g/mol. The minimum Gasteiger partial charge on any atom is -0.367 e. The van der Waals surface area contributed by atoms with Gasteiger partial charge < -0.3 is 10.2 Å². The summed E-state index contributed by atoms with van der Waals surface area (Å²) in [7, 11) is 1.74. The highest BCUT2D eigenvalue weighted by Gasteiger charge is 2.32. The number of hydrogen-bond acceptors (Lipinski definition) is 4. The maximum atomic E-state index is 13.5. The zero-order valence-corrected chi connectivity index (χ0v) is 10.4. The summed E-state index contributed by atoms with van der Waals surface area (Å²) in [6.07, 6.45) is -0.346. The molecule has 2 atom stereocenters. The van der Waals surface area contributed by atoms with Gasteiger partial charge in [0.15, 0.2) is 0 Å². The van der Waals surface area contributed by atoms with Gasteiger partial charge in [0, 0.05) is 12.6 Å². The summed E-state index contributed by atoms with van der Waals surface area (Å²) >= 11 is 0. The lowest BCUT2D eigenvalue weighted by Crippen LogP contribution is -2.50. The molecule has 0 amide bonds. The molecule has 0 saturated carbocycles. The number of nitrogens with zero attached hydrogens (tertiary/aromatic N) is 1. The molecule has 16 heavy (non-hydrogen) atoms. The second-order valence-corrected chi connectivity index (χ2v) is 5.22. The molecule has 94 valence electrons. The number of rotatable bonds is 2. The molecule has 0 bridgehead atoms. The Hall–Kier alpha value is -0.680. The van der Waals surface area contributed by atoms with E-state index in [2.05, 4.69) is 5.32 Å². The number of alkyl halides is 1. The van der Waals surface area contributed by atoms with Crippen LogP contribution in [-0.4, -0.2) is 43.4 Å². The van der Waals surface area contributed by atoms with Crippen molar-refractivity contribution in [2.75, 3.05) is 20.1 Å². The zero-order chi connectivity index (χ0) is 12.3. The summed E-state index contributed by atoms with van der Waals surface area (Å²) in [6, 6.07) is -0.135. The van der Waals surface area contributed by atoms with Gasteiger partial charge in [0.05, 0.1) is 12.0 Å². The molecule has 0 radical (unpaired) electrons. The molecule has 0 aromatic rings. The predicted octanol–water partition coefficient (Wildman–Crippen LogP) is 1.12. The Morgan fingerprint density at radius 1 is 1.50 bits per heavy atom. The van der Waals surface area contributed by atoms with Crippen molar-refractivity contribution in [1.29, 1.82) is 0 Å². The third-order valence-electron chi connectivity index (χ3n) is 2.70. The van der Waals surface area contributed by atoms with Gasteiger partial charge in [-0.05, 0) is 34.2 Å².